The van der Waals surface area contributed by atoms with Gasteiger partial charge in [0.05, 0.1) is 12.8 Å². The highest BCUT2D eigenvalue weighted by Crippen LogP contribution is 2.30. The van der Waals surface area contributed by atoms with E-state index in [1.807, 2.05) is 6.92 Å². The van der Waals surface area contributed by atoms with E-state index in [4.69, 9.17) is 16.3 Å². The topological polar surface area (TPSA) is 50.4 Å². The summed E-state index contributed by atoms with van der Waals surface area (Å²) in [6, 6.07) is 3.21. The highest BCUT2D eigenvalue weighted by Gasteiger charge is 2.11. The molecule has 0 aromatic heterocycles. The van der Waals surface area contributed by atoms with E-state index >= 15 is 0 Å². The van der Waals surface area contributed by atoms with E-state index in [0.717, 1.165) is 5.56 Å². The molecule has 0 heterocycles. The Kier molecular flexibility index (Phi) is 6.13. The minimum absolute atomic E-state index is 0.285. The van der Waals surface area contributed by atoms with E-state index in [2.05, 4.69) is 16.7 Å². The Morgan fingerprint density at radius 3 is 2.73 bits per heavy atom. The van der Waals surface area contributed by atoms with Gasteiger partial charge in [0.15, 0.2) is 0 Å². The minimum Gasteiger partial charge on any atom is -0.495 e. The molecule has 0 unspecified atom stereocenters. The summed E-state index contributed by atoms with van der Waals surface area (Å²) in [7, 11) is 1.55. The molecule has 5 heteroatoms. The molecule has 0 spiro atoms. The summed E-state index contributed by atoms with van der Waals surface area (Å²) in [6.07, 6.45) is 10.1. The van der Waals surface area contributed by atoms with Crippen LogP contribution in [0.1, 0.15) is 37.7 Å². The molecule has 1 aromatic carbocycles. The summed E-state index contributed by atoms with van der Waals surface area (Å²) in [4.78, 5) is 12.0. The lowest BCUT2D eigenvalue weighted by Crippen LogP contribution is -2.24. The highest BCUT2D eigenvalue weighted by atomic mass is 35.5. The van der Waals surface area contributed by atoms with Crippen molar-refractivity contribution in [2.24, 2.45) is 5.92 Å². The molecule has 120 valence electrons. The van der Waals surface area contributed by atoms with Crippen LogP contribution in [0.2, 0.25) is 5.02 Å². The molecule has 1 aromatic rings. The summed E-state index contributed by atoms with van der Waals surface area (Å²) < 4.78 is 5.24. The third-order valence-corrected chi connectivity index (χ3v) is 4.37. The van der Waals surface area contributed by atoms with Gasteiger partial charge in [-0.15, -0.1) is 0 Å². The number of hydrogen-bond acceptors (Lipinski definition) is 2. The average Bonchev–Trinajstić information content (AvgIpc) is 2.51. The zero-order chi connectivity index (χ0) is 15.9. The van der Waals surface area contributed by atoms with Gasteiger partial charge >= 0.3 is 6.03 Å². The Hall–Kier alpha value is -1.68. The Labute approximate surface area is 136 Å². The summed E-state index contributed by atoms with van der Waals surface area (Å²) in [5.74, 6) is 1.13. The number of methoxy groups -OCH3 is 1. The Bertz CT molecular complexity index is 552. The summed E-state index contributed by atoms with van der Waals surface area (Å²) in [6.45, 7) is 1.88. The molecule has 2 N–H and O–H groups in total. The first-order chi connectivity index (χ1) is 10.6. The zero-order valence-corrected chi connectivity index (χ0v) is 13.9. The smallest absolute Gasteiger partial charge is 0.323 e. The third kappa shape index (κ3) is 4.67. The van der Waals surface area contributed by atoms with Crippen molar-refractivity contribution in [3.05, 3.63) is 35.0 Å². The van der Waals surface area contributed by atoms with Crippen molar-refractivity contribution in [3.8, 4) is 5.75 Å². The lowest BCUT2D eigenvalue weighted by atomic mass is 9.89. The average molecular weight is 323 g/mol. The molecule has 1 saturated carbocycles. The molecule has 0 atom stereocenters. The number of aryl methyl sites for hydroxylation is 1. The molecule has 0 saturated heterocycles. The first kappa shape index (κ1) is 16.7. The predicted molar refractivity (Wildman–Crippen MR) is 90.6 cm³/mol. The number of anilines is 1. The summed E-state index contributed by atoms with van der Waals surface area (Å²) >= 11 is 6.05. The molecule has 0 bridgehead atoms. The molecule has 1 fully saturated rings. The van der Waals surface area contributed by atoms with Crippen molar-refractivity contribution in [2.75, 3.05) is 12.4 Å². The van der Waals surface area contributed by atoms with Crippen molar-refractivity contribution in [3.63, 3.8) is 0 Å². The van der Waals surface area contributed by atoms with Crippen molar-refractivity contribution < 1.29 is 9.53 Å². The number of hydrogen-bond donors (Lipinski definition) is 2. The fourth-order valence-electron chi connectivity index (χ4n) is 2.67. The van der Waals surface area contributed by atoms with Gasteiger partial charge in [0, 0.05) is 17.3 Å². The quantitative estimate of drug-likeness (QED) is 0.830. The maximum atomic E-state index is 12.0. The molecule has 1 aliphatic rings. The van der Waals surface area contributed by atoms with E-state index in [0.29, 0.717) is 22.4 Å². The summed E-state index contributed by atoms with van der Waals surface area (Å²) in [5, 5.41) is 6.14. The van der Waals surface area contributed by atoms with Crippen LogP contribution in [0.15, 0.2) is 24.4 Å². The van der Waals surface area contributed by atoms with Gasteiger partial charge in [0.25, 0.3) is 0 Å². The van der Waals surface area contributed by atoms with Gasteiger partial charge in [-0.1, -0.05) is 36.9 Å². The molecule has 0 radical (unpaired) electrons. The van der Waals surface area contributed by atoms with Gasteiger partial charge in [0.2, 0.25) is 0 Å². The molecule has 2 rings (SSSR count). The second-order valence-electron chi connectivity index (χ2n) is 5.66. The molecule has 1 aliphatic carbocycles. The van der Waals surface area contributed by atoms with Gasteiger partial charge in [0.1, 0.15) is 5.75 Å². The predicted octanol–water partition coefficient (Wildman–Crippen LogP) is 4.87. The number of carbonyl (C=O) groups is 1. The third-order valence-electron chi connectivity index (χ3n) is 3.96. The van der Waals surface area contributed by atoms with Gasteiger partial charge < -0.3 is 15.4 Å². The maximum Gasteiger partial charge on any atom is 0.323 e. The SMILES string of the molecule is COc1cc(Cl)c(C)cc1NC(=O)N/C=C/C1CCCCC1. The number of benzene rings is 1. The van der Waals surface area contributed by atoms with Gasteiger partial charge in [-0.2, -0.15) is 0 Å². The molecule has 2 amide bonds. The second-order valence-corrected chi connectivity index (χ2v) is 6.06. The Morgan fingerprint density at radius 1 is 1.32 bits per heavy atom. The van der Waals surface area contributed by atoms with Crippen LogP contribution >= 0.6 is 11.6 Å². The van der Waals surface area contributed by atoms with Crippen molar-refractivity contribution in [1.29, 1.82) is 0 Å². The number of amides is 2. The van der Waals surface area contributed by atoms with Gasteiger partial charge in [-0.05, 0) is 37.3 Å². The normalized spacial score (nSPS) is 15.8. The monoisotopic (exact) mass is 322 g/mol. The van der Waals surface area contributed by atoms with Crippen LogP contribution in [0.4, 0.5) is 10.5 Å². The molecule has 22 heavy (non-hydrogen) atoms. The molecule has 0 aliphatic heterocycles. The fourth-order valence-corrected chi connectivity index (χ4v) is 2.83. The van der Waals surface area contributed by atoms with Crippen LogP contribution in [0.3, 0.4) is 0 Å². The van der Waals surface area contributed by atoms with E-state index in [1.54, 1.807) is 25.4 Å². The standard InChI is InChI=1S/C17H23ClN2O2/c1-12-10-15(16(22-2)11-14(12)18)20-17(21)19-9-8-13-6-4-3-5-7-13/h8-11,13H,3-7H2,1-2H3,(H2,19,20,21)/b9-8+. The first-order valence-electron chi connectivity index (χ1n) is 7.68. The number of halogens is 1. The summed E-state index contributed by atoms with van der Waals surface area (Å²) in [5.41, 5.74) is 1.49. The van der Waals surface area contributed by atoms with Crippen molar-refractivity contribution in [2.45, 2.75) is 39.0 Å². The molecular weight excluding hydrogens is 300 g/mol. The van der Waals surface area contributed by atoms with Crippen LogP contribution in [0.5, 0.6) is 5.75 Å². The lowest BCUT2D eigenvalue weighted by Gasteiger charge is -2.17. The molecular formula is C17H23ClN2O2. The van der Waals surface area contributed by atoms with E-state index in [1.165, 1.54) is 32.1 Å². The Balaban J connectivity index is 1.91. The highest BCUT2D eigenvalue weighted by molar-refractivity contribution is 6.31. The largest absolute Gasteiger partial charge is 0.495 e. The van der Waals surface area contributed by atoms with Crippen LogP contribution in [0, 0.1) is 12.8 Å². The number of ether oxygens (including phenoxy) is 1. The van der Waals surface area contributed by atoms with Gasteiger partial charge in [-0.3, -0.25) is 0 Å². The number of carbonyl (C=O) groups excluding carboxylic acids is 1. The number of allylic oxidation sites excluding steroid dienone is 1. The first-order valence-corrected chi connectivity index (χ1v) is 8.06. The number of urea groups is 1. The Morgan fingerprint density at radius 2 is 2.05 bits per heavy atom. The molecule has 4 nitrogen and oxygen atoms in total. The van der Waals surface area contributed by atoms with Crippen molar-refractivity contribution in [1.82, 2.24) is 5.32 Å². The van der Waals surface area contributed by atoms with E-state index in [9.17, 15) is 4.79 Å². The second kappa shape index (κ2) is 8.08. The fraction of sp³-hybridized carbons (Fsp3) is 0.471. The van der Waals surface area contributed by atoms with Gasteiger partial charge in [-0.25, -0.2) is 4.79 Å². The van der Waals surface area contributed by atoms with Crippen molar-refractivity contribution >= 4 is 23.3 Å². The van der Waals surface area contributed by atoms with Crippen LogP contribution in [0.25, 0.3) is 0 Å². The van der Waals surface area contributed by atoms with E-state index < -0.39 is 0 Å². The van der Waals surface area contributed by atoms with E-state index in [-0.39, 0.29) is 6.03 Å². The zero-order valence-electron chi connectivity index (χ0n) is 13.1. The van der Waals surface area contributed by atoms with Crippen LogP contribution in [-0.4, -0.2) is 13.1 Å². The minimum atomic E-state index is -0.285. The maximum absolute atomic E-state index is 12.0. The number of rotatable bonds is 4. The van der Waals surface area contributed by atoms with Crippen LogP contribution in [-0.2, 0) is 0 Å². The lowest BCUT2D eigenvalue weighted by molar-refractivity contribution is 0.255. The van der Waals surface area contributed by atoms with Crippen LogP contribution < -0.4 is 15.4 Å². The number of nitrogens with one attached hydrogen (secondary N) is 2.